The molecule has 53 heavy (non-hydrogen) atoms. The molecule has 1 unspecified atom stereocenters. The molecule has 0 aromatic heterocycles. The molecule has 0 saturated heterocycles. The number of esters is 2. The van der Waals surface area contributed by atoms with Gasteiger partial charge in [0.15, 0.2) is 6.10 Å². The Morgan fingerprint density at radius 2 is 1.17 bits per heavy atom. The molecule has 0 heterocycles. The lowest BCUT2D eigenvalue weighted by Gasteiger charge is -2.28. The number of aliphatic hydroxyl groups is 2. The van der Waals surface area contributed by atoms with Crippen molar-refractivity contribution in [1.29, 1.82) is 0 Å². The van der Waals surface area contributed by atoms with Gasteiger partial charge in [-0.3, -0.25) is 14.2 Å². The number of phosphoric ester groups is 1. The highest BCUT2D eigenvalue weighted by Gasteiger charge is 2.22. The van der Waals surface area contributed by atoms with Crippen molar-refractivity contribution in [3.05, 3.63) is 12.2 Å². The fourth-order valence-corrected chi connectivity index (χ4v) is 6.46. The molecule has 4 atom stereocenters. The summed E-state index contributed by atoms with van der Waals surface area (Å²) in [6.45, 7) is 3.98. The molecule has 0 saturated carbocycles. The first-order chi connectivity index (χ1) is 25.3. The highest BCUT2D eigenvalue weighted by atomic mass is 31.2. The van der Waals surface area contributed by atoms with Gasteiger partial charge in [-0.2, -0.15) is 0 Å². The SMILES string of the molecule is CCCCC/C=C\C[C@H](O)[C@@H](O)CCCCCCCC(=O)O[C@H](COC(=O)CCCCCCCCCCCCCC)COP(=O)([O-])OCC[N+](C)(C)C. The van der Waals surface area contributed by atoms with Crippen LogP contribution in [0.4, 0.5) is 0 Å². The van der Waals surface area contributed by atoms with Crippen molar-refractivity contribution in [2.75, 3.05) is 47.5 Å². The van der Waals surface area contributed by atoms with Crippen LogP contribution in [-0.2, 0) is 32.7 Å². The van der Waals surface area contributed by atoms with E-state index in [4.69, 9.17) is 18.5 Å². The van der Waals surface area contributed by atoms with Crippen molar-refractivity contribution in [2.24, 2.45) is 0 Å². The molecular formula is C41H80NO10P. The largest absolute Gasteiger partial charge is 0.756 e. The Balaban J connectivity index is 4.50. The van der Waals surface area contributed by atoms with E-state index < -0.39 is 44.7 Å². The zero-order valence-electron chi connectivity index (χ0n) is 34.4. The molecule has 0 fully saturated rings. The third kappa shape index (κ3) is 36.1. The Labute approximate surface area is 323 Å². The molecule has 0 aromatic rings. The molecule has 0 aromatic carbocycles. The van der Waals surface area contributed by atoms with Crippen LogP contribution in [-0.4, -0.2) is 92.5 Å². The van der Waals surface area contributed by atoms with Crippen LogP contribution >= 0.6 is 7.82 Å². The molecule has 11 nitrogen and oxygen atoms in total. The quantitative estimate of drug-likeness (QED) is 0.0205. The predicted octanol–water partition coefficient (Wildman–Crippen LogP) is 8.72. The number of aliphatic hydroxyl groups excluding tert-OH is 2. The van der Waals surface area contributed by atoms with Gasteiger partial charge in [0.2, 0.25) is 0 Å². The first kappa shape index (κ1) is 51.7. The van der Waals surface area contributed by atoms with Gasteiger partial charge < -0.3 is 38.1 Å². The summed E-state index contributed by atoms with van der Waals surface area (Å²) in [6, 6.07) is 0. The van der Waals surface area contributed by atoms with Crippen LogP contribution in [0.3, 0.4) is 0 Å². The third-order valence-corrected chi connectivity index (χ3v) is 10.2. The molecule has 2 N–H and O–H groups in total. The lowest BCUT2D eigenvalue weighted by molar-refractivity contribution is -0.870. The summed E-state index contributed by atoms with van der Waals surface area (Å²) in [5, 5.41) is 20.4. The Morgan fingerprint density at radius 3 is 1.74 bits per heavy atom. The number of unbranched alkanes of at least 4 members (excludes halogenated alkanes) is 18. The summed E-state index contributed by atoms with van der Waals surface area (Å²) < 4.78 is 33.7. The Kier molecular flexibility index (Phi) is 33.1. The van der Waals surface area contributed by atoms with Crippen LogP contribution in [0.25, 0.3) is 0 Å². The van der Waals surface area contributed by atoms with Crippen molar-refractivity contribution in [3.8, 4) is 0 Å². The van der Waals surface area contributed by atoms with Crippen molar-refractivity contribution in [1.82, 2.24) is 0 Å². The molecule has 0 radical (unpaired) electrons. The lowest BCUT2D eigenvalue weighted by Crippen LogP contribution is -2.37. The summed E-state index contributed by atoms with van der Waals surface area (Å²) in [5.74, 6) is -0.942. The molecular weight excluding hydrogens is 697 g/mol. The number of phosphoric acid groups is 1. The monoisotopic (exact) mass is 778 g/mol. The standard InChI is InChI=1S/C41H80NO10P/c1-6-8-10-12-14-15-16-17-18-19-23-27-31-40(45)49-35-37(36-51-53(47,48)50-34-33-42(3,4)5)52-41(46)32-28-24-20-22-26-30-39(44)38(43)29-25-21-13-11-9-7-2/h21,25,37-39,43-44H,6-20,22-24,26-36H2,1-5H3/b25-21-/t37-,38+,39+/m1/s1. The van der Waals surface area contributed by atoms with Crippen LogP contribution in [0.2, 0.25) is 0 Å². The minimum absolute atomic E-state index is 0.0567. The number of allylic oxidation sites excluding steroid dienone is 1. The second kappa shape index (κ2) is 34.0. The van der Waals surface area contributed by atoms with Crippen LogP contribution < -0.4 is 4.89 Å². The number of rotatable bonds is 38. The van der Waals surface area contributed by atoms with Crippen molar-refractivity contribution >= 4 is 19.8 Å². The first-order valence-electron chi connectivity index (χ1n) is 21.1. The fraction of sp³-hybridized carbons (Fsp3) is 0.902. The average molecular weight is 778 g/mol. The smallest absolute Gasteiger partial charge is 0.306 e. The van der Waals surface area contributed by atoms with Crippen LogP contribution in [0.5, 0.6) is 0 Å². The normalized spacial score (nSPS) is 14.9. The molecule has 12 heteroatoms. The molecule has 0 aliphatic rings. The highest BCUT2D eigenvalue weighted by molar-refractivity contribution is 7.45. The molecule has 0 spiro atoms. The van der Waals surface area contributed by atoms with Gasteiger partial charge in [-0.15, -0.1) is 0 Å². The summed E-state index contributed by atoms with van der Waals surface area (Å²) in [6.07, 6.45) is 25.4. The number of carbonyl (C=O) groups is 2. The van der Waals surface area contributed by atoms with E-state index in [-0.39, 0.29) is 26.1 Å². The second-order valence-electron chi connectivity index (χ2n) is 15.7. The number of nitrogens with zero attached hydrogens (tertiary/aromatic N) is 1. The Morgan fingerprint density at radius 1 is 0.660 bits per heavy atom. The van der Waals surface area contributed by atoms with Gasteiger partial charge in [0, 0.05) is 12.8 Å². The van der Waals surface area contributed by atoms with E-state index >= 15 is 0 Å². The number of hydrogen-bond acceptors (Lipinski definition) is 10. The highest BCUT2D eigenvalue weighted by Crippen LogP contribution is 2.38. The summed E-state index contributed by atoms with van der Waals surface area (Å²) in [4.78, 5) is 37.4. The maximum absolute atomic E-state index is 12.7. The third-order valence-electron chi connectivity index (χ3n) is 9.24. The zero-order valence-corrected chi connectivity index (χ0v) is 35.3. The molecule has 0 amide bonds. The molecule has 0 rings (SSSR count). The molecule has 0 aliphatic heterocycles. The van der Waals surface area contributed by atoms with E-state index in [1.807, 2.05) is 27.2 Å². The van der Waals surface area contributed by atoms with Gasteiger partial charge in [-0.05, 0) is 38.5 Å². The van der Waals surface area contributed by atoms with E-state index in [0.29, 0.717) is 36.7 Å². The zero-order chi connectivity index (χ0) is 39.6. The van der Waals surface area contributed by atoms with Gasteiger partial charge in [-0.25, -0.2) is 0 Å². The Bertz CT molecular complexity index is 958. The molecule has 0 aliphatic carbocycles. The van der Waals surface area contributed by atoms with E-state index in [1.165, 1.54) is 64.2 Å². The van der Waals surface area contributed by atoms with Gasteiger partial charge in [0.25, 0.3) is 7.82 Å². The van der Waals surface area contributed by atoms with Gasteiger partial charge >= 0.3 is 11.9 Å². The summed E-state index contributed by atoms with van der Waals surface area (Å²) in [7, 11) is 1.07. The van der Waals surface area contributed by atoms with Crippen molar-refractivity contribution in [3.63, 3.8) is 0 Å². The summed E-state index contributed by atoms with van der Waals surface area (Å²) in [5.41, 5.74) is 0. The van der Waals surface area contributed by atoms with Crippen molar-refractivity contribution < 1.29 is 52.3 Å². The summed E-state index contributed by atoms with van der Waals surface area (Å²) >= 11 is 0. The van der Waals surface area contributed by atoms with E-state index in [9.17, 15) is 29.3 Å². The lowest BCUT2D eigenvalue weighted by atomic mass is 10.0. The number of quaternary nitrogens is 1. The predicted molar refractivity (Wildman–Crippen MR) is 211 cm³/mol. The van der Waals surface area contributed by atoms with Gasteiger partial charge in [-0.1, -0.05) is 135 Å². The van der Waals surface area contributed by atoms with E-state index in [0.717, 1.165) is 57.8 Å². The first-order valence-corrected chi connectivity index (χ1v) is 22.5. The van der Waals surface area contributed by atoms with Crippen LogP contribution in [0, 0.1) is 0 Å². The van der Waals surface area contributed by atoms with Gasteiger partial charge in [0.05, 0.1) is 40.0 Å². The number of carbonyl (C=O) groups excluding carboxylic acids is 2. The maximum atomic E-state index is 12.7. The number of ether oxygens (including phenoxy) is 2. The number of likely N-dealkylation sites (N-methyl/N-ethyl adjacent to an activating group) is 1. The van der Waals surface area contributed by atoms with Crippen molar-refractivity contribution in [2.45, 2.75) is 193 Å². The van der Waals surface area contributed by atoms with Crippen LogP contribution in [0.15, 0.2) is 12.2 Å². The number of hydrogen-bond donors (Lipinski definition) is 2. The topological polar surface area (TPSA) is 152 Å². The minimum Gasteiger partial charge on any atom is -0.756 e. The average Bonchev–Trinajstić information content (AvgIpc) is 3.10. The molecule has 0 bridgehead atoms. The van der Waals surface area contributed by atoms with E-state index in [1.54, 1.807) is 0 Å². The maximum Gasteiger partial charge on any atom is 0.306 e. The minimum atomic E-state index is -4.66. The van der Waals surface area contributed by atoms with Crippen LogP contribution in [0.1, 0.15) is 174 Å². The molecule has 314 valence electrons. The van der Waals surface area contributed by atoms with Gasteiger partial charge in [0.1, 0.15) is 19.8 Å². The fourth-order valence-electron chi connectivity index (χ4n) is 5.74. The Hall–Kier alpha value is -1.33. The van der Waals surface area contributed by atoms with E-state index in [2.05, 4.69) is 19.9 Å². The second-order valence-corrected chi connectivity index (χ2v) is 17.1.